The molecule has 0 aliphatic carbocycles. The second-order valence-electron chi connectivity index (χ2n) is 7.51. The van der Waals surface area contributed by atoms with E-state index in [1.54, 1.807) is 30.5 Å². The fourth-order valence-corrected chi connectivity index (χ4v) is 4.22. The highest BCUT2D eigenvalue weighted by Crippen LogP contribution is 2.31. The van der Waals surface area contributed by atoms with Gasteiger partial charge in [0.15, 0.2) is 6.04 Å². The molecular weight excluding hydrogens is 424 g/mol. The highest BCUT2D eigenvalue weighted by Gasteiger charge is 2.35. The maximum atomic E-state index is 13.6. The molecule has 2 amide bonds. The maximum absolute atomic E-state index is 13.6. The van der Waals surface area contributed by atoms with E-state index >= 15 is 0 Å². The molecule has 164 valence electrons. The van der Waals surface area contributed by atoms with Gasteiger partial charge in [-0.1, -0.05) is 18.2 Å². The second-order valence-corrected chi connectivity index (χ2v) is 8.54. The van der Waals surface area contributed by atoms with Crippen LogP contribution in [0.2, 0.25) is 0 Å². The predicted molar refractivity (Wildman–Crippen MR) is 123 cm³/mol. The number of benzene rings is 1. The molecule has 0 radical (unpaired) electrons. The summed E-state index contributed by atoms with van der Waals surface area (Å²) in [5.74, 6) is 1.15. The standard InChI is InChI=1S/C25H24N2O4S/c1-17-6-3-7-19(14-17)27(23(28)15-21-9-5-13-32-21)24(22-11-10-18(2)31-22)25(29)26-16-20-8-4-12-30-20/h3-14,24H,15-16H2,1-2H3,(H,26,29). The zero-order valence-electron chi connectivity index (χ0n) is 17.9. The first-order valence-corrected chi connectivity index (χ1v) is 11.2. The Bertz CT molecular complexity index is 1180. The van der Waals surface area contributed by atoms with Crippen LogP contribution in [0.5, 0.6) is 0 Å². The van der Waals surface area contributed by atoms with Crippen LogP contribution < -0.4 is 10.2 Å². The van der Waals surface area contributed by atoms with E-state index in [1.165, 1.54) is 16.2 Å². The molecule has 3 aromatic heterocycles. The molecule has 4 rings (SSSR count). The summed E-state index contributed by atoms with van der Waals surface area (Å²) in [6, 6.07) is 17.5. The third-order valence-electron chi connectivity index (χ3n) is 5.01. The van der Waals surface area contributed by atoms with Gasteiger partial charge in [0.25, 0.3) is 5.91 Å². The Balaban J connectivity index is 1.72. The van der Waals surface area contributed by atoms with Gasteiger partial charge >= 0.3 is 0 Å². The van der Waals surface area contributed by atoms with Gasteiger partial charge in [-0.2, -0.15) is 0 Å². The first kappa shape index (κ1) is 21.6. The molecular formula is C25H24N2O4S. The number of carbonyl (C=O) groups is 2. The Morgan fingerprint density at radius 1 is 1.06 bits per heavy atom. The number of amides is 2. The van der Waals surface area contributed by atoms with Crippen LogP contribution in [0.4, 0.5) is 5.69 Å². The average molecular weight is 449 g/mol. The Morgan fingerprint density at radius 2 is 1.94 bits per heavy atom. The van der Waals surface area contributed by atoms with Crippen molar-refractivity contribution in [1.82, 2.24) is 5.32 Å². The molecule has 32 heavy (non-hydrogen) atoms. The minimum absolute atomic E-state index is 0.188. The predicted octanol–water partition coefficient (Wildman–Crippen LogP) is 5.18. The zero-order valence-corrected chi connectivity index (χ0v) is 18.7. The summed E-state index contributed by atoms with van der Waals surface area (Å²) in [7, 11) is 0. The number of hydrogen-bond donors (Lipinski definition) is 1. The number of carbonyl (C=O) groups excluding carboxylic acids is 2. The van der Waals surface area contributed by atoms with Crippen molar-refractivity contribution in [2.45, 2.75) is 32.9 Å². The summed E-state index contributed by atoms with van der Waals surface area (Å²) in [6.07, 6.45) is 1.74. The molecule has 1 N–H and O–H groups in total. The number of anilines is 1. The summed E-state index contributed by atoms with van der Waals surface area (Å²) in [5.41, 5.74) is 1.63. The summed E-state index contributed by atoms with van der Waals surface area (Å²) in [5, 5.41) is 4.82. The largest absolute Gasteiger partial charge is 0.467 e. The van der Waals surface area contributed by atoms with E-state index in [4.69, 9.17) is 8.83 Å². The molecule has 0 fully saturated rings. The monoisotopic (exact) mass is 448 g/mol. The van der Waals surface area contributed by atoms with Gasteiger partial charge in [0.2, 0.25) is 5.91 Å². The van der Waals surface area contributed by atoms with Crippen LogP contribution >= 0.6 is 11.3 Å². The van der Waals surface area contributed by atoms with Gasteiger partial charge < -0.3 is 14.2 Å². The fraction of sp³-hybridized carbons (Fsp3) is 0.200. The first-order valence-electron chi connectivity index (χ1n) is 10.3. The number of thiophene rings is 1. The first-order chi connectivity index (χ1) is 15.5. The Morgan fingerprint density at radius 3 is 2.59 bits per heavy atom. The third-order valence-corrected chi connectivity index (χ3v) is 5.88. The van der Waals surface area contributed by atoms with Crippen molar-refractivity contribution in [3.8, 4) is 0 Å². The highest BCUT2D eigenvalue weighted by molar-refractivity contribution is 7.10. The smallest absolute Gasteiger partial charge is 0.251 e. The Kier molecular flexibility index (Phi) is 6.56. The molecule has 0 aliphatic heterocycles. The van der Waals surface area contributed by atoms with Gasteiger partial charge in [-0.05, 0) is 67.3 Å². The van der Waals surface area contributed by atoms with E-state index in [1.807, 2.05) is 55.6 Å². The van der Waals surface area contributed by atoms with E-state index in [9.17, 15) is 9.59 Å². The lowest BCUT2D eigenvalue weighted by molar-refractivity contribution is -0.127. The molecule has 0 aliphatic rings. The molecule has 0 bridgehead atoms. The third kappa shape index (κ3) is 5.00. The lowest BCUT2D eigenvalue weighted by Crippen LogP contribution is -2.44. The Hall–Kier alpha value is -3.58. The maximum Gasteiger partial charge on any atom is 0.251 e. The molecule has 0 saturated carbocycles. The van der Waals surface area contributed by atoms with Gasteiger partial charge in [0, 0.05) is 10.6 Å². The van der Waals surface area contributed by atoms with Crippen LogP contribution in [0.25, 0.3) is 0 Å². The van der Waals surface area contributed by atoms with E-state index in [-0.39, 0.29) is 24.8 Å². The van der Waals surface area contributed by atoms with E-state index in [0.29, 0.717) is 23.0 Å². The molecule has 4 aromatic rings. The zero-order chi connectivity index (χ0) is 22.5. The summed E-state index contributed by atoms with van der Waals surface area (Å²) in [4.78, 5) is 29.5. The molecule has 6 nitrogen and oxygen atoms in total. The molecule has 7 heteroatoms. The van der Waals surface area contributed by atoms with E-state index in [0.717, 1.165) is 10.4 Å². The Labute approximate surface area is 190 Å². The van der Waals surface area contributed by atoms with Gasteiger partial charge in [-0.3, -0.25) is 14.5 Å². The van der Waals surface area contributed by atoms with Crippen molar-refractivity contribution in [3.63, 3.8) is 0 Å². The van der Waals surface area contributed by atoms with Crippen LogP contribution in [0.15, 0.2) is 81.1 Å². The lowest BCUT2D eigenvalue weighted by Gasteiger charge is -2.30. The quantitative estimate of drug-likeness (QED) is 0.403. The number of nitrogens with zero attached hydrogens (tertiary/aromatic N) is 1. The fourth-order valence-electron chi connectivity index (χ4n) is 3.52. The van der Waals surface area contributed by atoms with Crippen molar-refractivity contribution >= 4 is 28.8 Å². The molecule has 0 spiro atoms. The number of furan rings is 2. The van der Waals surface area contributed by atoms with Crippen LogP contribution in [0.3, 0.4) is 0 Å². The lowest BCUT2D eigenvalue weighted by atomic mass is 10.1. The molecule has 3 heterocycles. The number of rotatable bonds is 8. The van der Waals surface area contributed by atoms with Gasteiger partial charge in [-0.15, -0.1) is 11.3 Å². The van der Waals surface area contributed by atoms with Gasteiger partial charge in [-0.25, -0.2) is 0 Å². The van der Waals surface area contributed by atoms with Crippen molar-refractivity contribution < 1.29 is 18.4 Å². The number of hydrogen-bond acceptors (Lipinski definition) is 5. The minimum Gasteiger partial charge on any atom is -0.467 e. The van der Waals surface area contributed by atoms with Gasteiger partial charge in [0.05, 0.1) is 19.2 Å². The minimum atomic E-state index is -0.965. The SMILES string of the molecule is Cc1cccc(N(C(=O)Cc2cccs2)C(C(=O)NCc2ccco2)c2ccc(C)o2)c1. The van der Waals surface area contributed by atoms with E-state index in [2.05, 4.69) is 5.32 Å². The van der Waals surface area contributed by atoms with Crippen LogP contribution in [-0.4, -0.2) is 11.8 Å². The highest BCUT2D eigenvalue weighted by atomic mass is 32.1. The topological polar surface area (TPSA) is 75.7 Å². The molecule has 1 atom stereocenters. The van der Waals surface area contributed by atoms with Crippen LogP contribution in [0, 0.1) is 13.8 Å². The van der Waals surface area contributed by atoms with Crippen LogP contribution in [0.1, 0.15) is 33.8 Å². The molecule has 0 saturated heterocycles. The molecule has 1 unspecified atom stereocenters. The second kappa shape index (κ2) is 9.70. The van der Waals surface area contributed by atoms with Gasteiger partial charge in [0.1, 0.15) is 17.3 Å². The summed E-state index contributed by atoms with van der Waals surface area (Å²) in [6.45, 7) is 3.98. The van der Waals surface area contributed by atoms with Crippen molar-refractivity contribution in [3.05, 3.63) is 100 Å². The number of nitrogens with one attached hydrogen (secondary N) is 1. The van der Waals surface area contributed by atoms with Crippen molar-refractivity contribution in [2.75, 3.05) is 4.90 Å². The normalized spacial score (nSPS) is 11.8. The van der Waals surface area contributed by atoms with E-state index < -0.39 is 6.04 Å². The summed E-state index contributed by atoms with van der Waals surface area (Å²) >= 11 is 1.51. The van der Waals surface area contributed by atoms with Crippen LogP contribution in [-0.2, 0) is 22.6 Å². The average Bonchev–Trinajstić information content (AvgIpc) is 3.53. The van der Waals surface area contributed by atoms with Crippen molar-refractivity contribution in [1.29, 1.82) is 0 Å². The number of aryl methyl sites for hydroxylation is 2. The van der Waals surface area contributed by atoms with Crippen molar-refractivity contribution in [2.24, 2.45) is 0 Å². The molecule has 1 aromatic carbocycles. The summed E-state index contributed by atoms with van der Waals surface area (Å²) < 4.78 is 11.2.